The molecule has 0 bridgehead atoms. The highest BCUT2D eigenvalue weighted by atomic mass is 19.1. The smallest absolute Gasteiger partial charge is 0.225 e. The minimum atomic E-state index is -0.399. The van der Waals surface area contributed by atoms with Crippen LogP contribution in [0.3, 0.4) is 0 Å². The predicted octanol–water partition coefficient (Wildman–Crippen LogP) is 2.02. The van der Waals surface area contributed by atoms with Gasteiger partial charge in [0.1, 0.15) is 5.82 Å². The van der Waals surface area contributed by atoms with E-state index in [0.29, 0.717) is 6.42 Å². The van der Waals surface area contributed by atoms with Crippen molar-refractivity contribution in [3.63, 3.8) is 0 Å². The monoisotopic (exact) mass is 231 g/mol. The number of carbonyl (C=O) groups is 1. The zero-order valence-corrected chi connectivity index (χ0v) is 8.90. The molecule has 0 aliphatic carbocycles. The quantitative estimate of drug-likeness (QED) is 0.788. The fraction of sp³-hybridized carbons (Fsp3) is 0.167. The third kappa shape index (κ3) is 1.60. The number of nitrogens with zero attached hydrogens (tertiary/aromatic N) is 1. The number of anilines is 1. The molecule has 1 aliphatic rings. The van der Waals surface area contributed by atoms with Crippen molar-refractivity contribution in [1.29, 1.82) is 0 Å². The maximum absolute atomic E-state index is 13.6. The molecule has 5 heteroatoms. The second kappa shape index (κ2) is 3.69. The Kier molecular flexibility index (Phi) is 2.18. The van der Waals surface area contributed by atoms with Gasteiger partial charge < -0.3 is 5.32 Å². The lowest BCUT2D eigenvalue weighted by Crippen LogP contribution is -2.24. The normalized spacial score (nSPS) is 18.6. The average molecular weight is 231 g/mol. The van der Waals surface area contributed by atoms with Gasteiger partial charge >= 0.3 is 0 Å². The van der Waals surface area contributed by atoms with Crippen molar-refractivity contribution in [2.24, 2.45) is 0 Å². The Labute approximate surface area is 96.9 Å². The maximum Gasteiger partial charge on any atom is 0.225 e. The first-order chi connectivity index (χ1) is 8.25. The zero-order chi connectivity index (χ0) is 11.8. The van der Waals surface area contributed by atoms with Gasteiger partial charge in [0.25, 0.3) is 0 Å². The van der Waals surface area contributed by atoms with Gasteiger partial charge in [0, 0.05) is 18.5 Å². The van der Waals surface area contributed by atoms with E-state index < -0.39 is 5.82 Å². The molecule has 0 spiro atoms. The number of H-pyrrole nitrogens is 1. The Balaban J connectivity index is 2.15. The van der Waals surface area contributed by atoms with Crippen LogP contribution in [0.15, 0.2) is 30.6 Å². The summed E-state index contributed by atoms with van der Waals surface area (Å²) < 4.78 is 13.6. The summed E-state index contributed by atoms with van der Waals surface area (Å²) in [6, 6.07) is 4.82. The number of para-hydroxylation sites is 1. The summed E-state index contributed by atoms with van der Waals surface area (Å²) >= 11 is 0. The molecule has 0 radical (unpaired) electrons. The van der Waals surface area contributed by atoms with Crippen LogP contribution in [-0.2, 0) is 4.79 Å². The van der Waals surface area contributed by atoms with E-state index in [2.05, 4.69) is 15.5 Å². The number of rotatable bonds is 1. The number of nitrogens with one attached hydrogen (secondary N) is 2. The van der Waals surface area contributed by atoms with Crippen LogP contribution in [0, 0.1) is 5.82 Å². The molecule has 1 atom stereocenters. The SMILES string of the molecule is O=C1CC(c2cn[nH]c2)c2cccc(F)c2N1. The number of halogens is 1. The van der Waals surface area contributed by atoms with Gasteiger partial charge in [-0.25, -0.2) is 4.39 Å². The Morgan fingerprint density at radius 3 is 3.06 bits per heavy atom. The minimum absolute atomic E-state index is 0.131. The van der Waals surface area contributed by atoms with Crippen molar-refractivity contribution in [1.82, 2.24) is 10.2 Å². The number of fused-ring (bicyclic) bond motifs is 1. The van der Waals surface area contributed by atoms with Crippen LogP contribution in [0.2, 0.25) is 0 Å². The molecule has 1 amide bonds. The summed E-state index contributed by atoms with van der Waals surface area (Å²) in [6.45, 7) is 0. The molecule has 2 N–H and O–H groups in total. The molecule has 1 aliphatic heterocycles. The van der Waals surface area contributed by atoms with Gasteiger partial charge in [-0.05, 0) is 17.2 Å². The fourth-order valence-corrected chi connectivity index (χ4v) is 2.20. The van der Waals surface area contributed by atoms with Crippen molar-refractivity contribution in [3.05, 3.63) is 47.5 Å². The highest BCUT2D eigenvalue weighted by Gasteiger charge is 2.28. The van der Waals surface area contributed by atoms with Crippen LogP contribution in [0.5, 0.6) is 0 Å². The second-order valence-electron chi connectivity index (χ2n) is 4.04. The lowest BCUT2D eigenvalue weighted by molar-refractivity contribution is -0.116. The first-order valence-corrected chi connectivity index (χ1v) is 5.32. The molecule has 1 unspecified atom stereocenters. The van der Waals surface area contributed by atoms with Crippen LogP contribution >= 0.6 is 0 Å². The second-order valence-corrected chi connectivity index (χ2v) is 4.04. The standard InChI is InChI=1S/C12H10FN3O/c13-10-3-1-2-8-9(7-5-14-15-6-7)4-11(17)16-12(8)10/h1-3,5-6,9H,4H2,(H,14,15)(H,16,17). The molecule has 2 heterocycles. The summed E-state index contributed by atoms with van der Waals surface area (Å²) in [6.07, 6.45) is 3.71. The Hall–Kier alpha value is -2.17. The predicted molar refractivity (Wildman–Crippen MR) is 60.1 cm³/mol. The molecule has 17 heavy (non-hydrogen) atoms. The molecule has 3 rings (SSSR count). The van der Waals surface area contributed by atoms with Crippen molar-refractivity contribution in [3.8, 4) is 0 Å². The third-order valence-electron chi connectivity index (χ3n) is 3.00. The Morgan fingerprint density at radius 1 is 1.41 bits per heavy atom. The number of carbonyl (C=O) groups excluding carboxylic acids is 1. The number of aromatic nitrogens is 2. The summed E-state index contributed by atoms with van der Waals surface area (Å²) in [4.78, 5) is 11.6. The zero-order valence-electron chi connectivity index (χ0n) is 8.90. The summed E-state index contributed by atoms with van der Waals surface area (Å²) in [5.41, 5.74) is 1.98. The fourth-order valence-electron chi connectivity index (χ4n) is 2.20. The van der Waals surface area contributed by atoms with Crippen molar-refractivity contribution in [2.45, 2.75) is 12.3 Å². The Morgan fingerprint density at radius 2 is 2.29 bits per heavy atom. The molecule has 86 valence electrons. The van der Waals surface area contributed by atoms with Crippen LogP contribution in [0.25, 0.3) is 0 Å². The van der Waals surface area contributed by atoms with E-state index >= 15 is 0 Å². The van der Waals surface area contributed by atoms with Gasteiger partial charge in [-0.2, -0.15) is 5.10 Å². The van der Waals surface area contributed by atoms with Gasteiger partial charge in [-0.1, -0.05) is 12.1 Å². The molecule has 0 saturated heterocycles. The van der Waals surface area contributed by atoms with Crippen LogP contribution in [0.4, 0.5) is 10.1 Å². The Bertz CT molecular complexity index is 565. The lowest BCUT2D eigenvalue weighted by Gasteiger charge is -2.25. The highest BCUT2D eigenvalue weighted by molar-refractivity contribution is 5.95. The summed E-state index contributed by atoms with van der Waals surface area (Å²) in [7, 11) is 0. The van der Waals surface area contributed by atoms with Crippen molar-refractivity contribution >= 4 is 11.6 Å². The molecular weight excluding hydrogens is 221 g/mol. The third-order valence-corrected chi connectivity index (χ3v) is 3.00. The van der Waals surface area contributed by atoms with Gasteiger partial charge in [0.2, 0.25) is 5.91 Å². The van der Waals surface area contributed by atoms with Gasteiger partial charge in [-0.15, -0.1) is 0 Å². The van der Waals surface area contributed by atoms with Crippen LogP contribution < -0.4 is 5.32 Å². The van der Waals surface area contributed by atoms with E-state index in [4.69, 9.17) is 0 Å². The molecular formula is C12H10FN3O. The lowest BCUT2D eigenvalue weighted by atomic mass is 9.86. The number of benzene rings is 1. The van der Waals surface area contributed by atoms with E-state index in [-0.39, 0.29) is 17.5 Å². The molecule has 0 saturated carbocycles. The summed E-state index contributed by atoms with van der Waals surface area (Å²) in [5.74, 6) is -0.703. The number of aromatic amines is 1. The molecule has 0 fully saturated rings. The van der Waals surface area contributed by atoms with Gasteiger partial charge in [-0.3, -0.25) is 9.89 Å². The maximum atomic E-state index is 13.6. The minimum Gasteiger partial charge on any atom is -0.323 e. The number of hydrogen-bond donors (Lipinski definition) is 2. The van der Waals surface area contributed by atoms with Crippen LogP contribution in [-0.4, -0.2) is 16.1 Å². The molecule has 2 aromatic rings. The average Bonchev–Trinajstić information content (AvgIpc) is 2.83. The van der Waals surface area contributed by atoms with Gasteiger partial charge in [0.05, 0.1) is 11.9 Å². The van der Waals surface area contributed by atoms with Gasteiger partial charge in [0.15, 0.2) is 0 Å². The van der Waals surface area contributed by atoms with E-state index in [1.807, 2.05) is 6.07 Å². The topological polar surface area (TPSA) is 57.8 Å². The van der Waals surface area contributed by atoms with Crippen LogP contribution in [0.1, 0.15) is 23.5 Å². The number of amides is 1. The number of hydrogen-bond acceptors (Lipinski definition) is 2. The van der Waals surface area contributed by atoms with Crippen molar-refractivity contribution in [2.75, 3.05) is 5.32 Å². The highest BCUT2D eigenvalue weighted by Crippen LogP contribution is 2.37. The molecule has 1 aromatic carbocycles. The van der Waals surface area contributed by atoms with E-state index in [9.17, 15) is 9.18 Å². The molecule has 1 aromatic heterocycles. The molecule has 4 nitrogen and oxygen atoms in total. The van der Waals surface area contributed by atoms with E-state index in [0.717, 1.165) is 11.1 Å². The summed E-state index contributed by atoms with van der Waals surface area (Å²) in [5, 5.41) is 9.15. The first kappa shape index (κ1) is 10.0. The van der Waals surface area contributed by atoms with E-state index in [1.54, 1.807) is 18.5 Å². The van der Waals surface area contributed by atoms with Crippen molar-refractivity contribution < 1.29 is 9.18 Å². The first-order valence-electron chi connectivity index (χ1n) is 5.32. The van der Waals surface area contributed by atoms with E-state index in [1.165, 1.54) is 6.07 Å². The largest absolute Gasteiger partial charge is 0.323 e.